The minimum Gasteiger partial charge on any atom is -0.466 e. The Morgan fingerprint density at radius 1 is 0.510 bits per heavy atom. The highest BCUT2D eigenvalue weighted by atomic mass is 16.5. The molecule has 2 aliphatic heterocycles. The molecule has 1 aromatic heterocycles. The van der Waals surface area contributed by atoms with E-state index >= 15 is 0 Å². The molecule has 0 bridgehead atoms. The topological polar surface area (TPSA) is 50.7 Å². The Kier molecular flexibility index (Phi) is 9.79. The van der Waals surface area contributed by atoms with Crippen LogP contribution in [0.25, 0.3) is 32.3 Å². The molecule has 2 fully saturated rings. The van der Waals surface area contributed by atoms with Crippen LogP contribution in [0.3, 0.4) is 0 Å². The van der Waals surface area contributed by atoms with Crippen LogP contribution in [0.2, 0.25) is 0 Å². The van der Waals surface area contributed by atoms with Gasteiger partial charge in [-0.3, -0.25) is 9.80 Å². The fourth-order valence-corrected chi connectivity index (χ4v) is 8.13. The van der Waals surface area contributed by atoms with Gasteiger partial charge in [-0.05, 0) is 86.5 Å². The molecule has 0 unspecified atom stereocenters. The Morgan fingerprint density at radius 2 is 0.898 bits per heavy atom. The molecule has 0 radical (unpaired) electrons. The summed E-state index contributed by atoms with van der Waals surface area (Å²) in [4.78, 5) is 4.91. The van der Waals surface area contributed by atoms with E-state index in [9.17, 15) is 0 Å². The average Bonchev–Trinajstić information content (AvgIpc) is 3.14. The van der Waals surface area contributed by atoms with Crippen molar-refractivity contribution >= 4 is 32.3 Å². The van der Waals surface area contributed by atoms with E-state index in [4.69, 9.17) is 19.7 Å². The van der Waals surface area contributed by atoms with Gasteiger partial charge in [-0.25, -0.2) is 0 Å². The first-order valence-electron chi connectivity index (χ1n) is 17.6. The van der Waals surface area contributed by atoms with E-state index in [1.165, 1.54) is 58.4 Å². The number of ether oxygens (including phenoxy) is 2. The molecule has 6 aromatic rings. The summed E-state index contributed by atoms with van der Waals surface area (Å²) in [6, 6.07) is 39.0. The van der Waals surface area contributed by atoms with Crippen molar-refractivity contribution in [3.05, 3.63) is 120 Å². The third kappa shape index (κ3) is 6.48. The summed E-state index contributed by atoms with van der Waals surface area (Å²) in [5.41, 5.74) is 2.38. The highest BCUT2D eigenvalue weighted by Crippen LogP contribution is 2.41. The maximum atomic E-state index is 7.09. The van der Waals surface area contributed by atoms with E-state index in [1.807, 2.05) is 0 Å². The van der Waals surface area contributed by atoms with Crippen LogP contribution in [0.15, 0.2) is 109 Å². The second-order valence-electron chi connectivity index (χ2n) is 13.7. The van der Waals surface area contributed by atoms with Crippen molar-refractivity contribution in [2.75, 3.05) is 27.2 Å². The van der Waals surface area contributed by atoms with Crippen molar-refractivity contribution in [1.82, 2.24) is 20.0 Å². The minimum absolute atomic E-state index is 0. The van der Waals surface area contributed by atoms with Crippen LogP contribution in [0.4, 0.5) is 0 Å². The largest absolute Gasteiger partial charge is 0.466 e. The van der Waals surface area contributed by atoms with Gasteiger partial charge >= 0.3 is 0 Å². The Morgan fingerprint density at radius 3 is 1.33 bits per heavy atom. The fraction of sp³-hybridized carbons (Fsp3) is 0.349. The maximum absolute atomic E-state index is 7.09. The van der Waals surface area contributed by atoms with Gasteiger partial charge in [0.05, 0.1) is 22.9 Å². The van der Waals surface area contributed by atoms with Gasteiger partial charge in [0.25, 0.3) is 0 Å². The molecule has 8 rings (SSSR count). The normalized spacial score (nSPS) is 20.1. The first-order chi connectivity index (χ1) is 23.7. The van der Waals surface area contributed by atoms with Crippen LogP contribution in [0.1, 0.15) is 69.3 Å². The molecule has 49 heavy (non-hydrogen) atoms. The Hall–Kier alpha value is -4.52. The summed E-state index contributed by atoms with van der Waals surface area (Å²) in [6.07, 6.45) is 6.51. The lowest BCUT2D eigenvalue weighted by Crippen LogP contribution is -2.42. The number of aromatic nitrogens is 2. The number of hydrogen-bond acceptors (Lipinski definition) is 6. The fourth-order valence-electron chi connectivity index (χ4n) is 8.13. The third-order valence-corrected chi connectivity index (χ3v) is 10.7. The van der Waals surface area contributed by atoms with Gasteiger partial charge in [0, 0.05) is 11.1 Å². The van der Waals surface area contributed by atoms with Crippen LogP contribution < -0.4 is 9.47 Å². The first-order valence-corrected chi connectivity index (χ1v) is 17.6. The van der Waals surface area contributed by atoms with Gasteiger partial charge in [-0.1, -0.05) is 117 Å². The summed E-state index contributed by atoms with van der Waals surface area (Å²) in [5, 5.41) is 16.3. The molecule has 4 atom stereocenters. The molecule has 0 amide bonds. The number of hydrogen-bond donors (Lipinski definition) is 0. The second-order valence-corrected chi connectivity index (χ2v) is 13.7. The van der Waals surface area contributed by atoms with Crippen molar-refractivity contribution in [3.8, 4) is 11.8 Å². The molecule has 0 spiro atoms. The molecule has 5 aromatic carbocycles. The quantitative estimate of drug-likeness (QED) is 0.163. The molecule has 6 heteroatoms. The van der Waals surface area contributed by atoms with Crippen molar-refractivity contribution in [2.24, 2.45) is 0 Å². The molecule has 2 saturated heterocycles. The van der Waals surface area contributed by atoms with Crippen LogP contribution >= 0.6 is 0 Å². The molecule has 2 aliphatic rings. The van der Waals surface area contributed by atoms with Crippen molar-refractivity contribution in [2.45, 2.75) is 70.2 Å². The van der Waals surface area contributed by atoms with E-state index in [-0.39, 0.29) is 31.7 Å². The zero-order valence-electron chi connectivity index (χ0n) is 28.0. The van der Waals surface area contributed by atoms with Gasteiger partial charge in [-0.15, -0.1) is 10.2 Å². The summed E-state index contributed by atoms with van der Waals surface area (Å²) >= 11 is 0. The van der Waals surface area contributed by atoms with Crippen LogP contribution in [-0.2, 0) is 0 Å². The van der Waals surface area contributed by atoms with Gasteiger partial charge < -0.3 is 9.47 Å². The number of likely N-dealkylation sites (tertiary alicyclic amines) is 2. The molecular weight excluding hydrogens is 604 g/mol. The van der Waals surface area contributed by atoms with E-state index in [0.717, 1.165) is 36.7 Å². The molecule has 0 N–H and O–H groups in total. The molecule has 0 saturated carbocycles. The molecule has 0 aliphatic carbocycles. The average molecular weight is 653 g/mol. The first kappa shape index (κ1) is 33.0. The number of rotatable bonds is 8. The number of piperidine rings is 2. The highest BCUT2D eigenvalue weighted by molar-refractivity contribution is 5.91. The summed E-state index contributed by atoms with van der Waals surface area (Å²) in [5.74, 6) is 1.10. The standard InChI is InChI=1S/C42H44N4O2.CH4/c1-45-27-11-9-25-37(45)39(33-23-13-17-29-15-3-5-19-31(29)33)47-41-35-21-7-8-22-36(35)42(44-43-41)48-40(38-26-10-12-28-46(38)2)34-24-14-18-30-16-4-6-20-32(30)34;/h3-8,13-24,37-40H,9-12,25-28H2,1-2H3;1H4/t37-,38-,39+,40+;/m0./s1. The summed E-state index contributed by atoms with van der Waals surface area (Å²) in [7, 11) is 4.45. The lowest BCUT2D eigenvalue weighted by Gasteiger charge is -2.39. The lowest BCUT2D eigenvalue weighted by atomic mass is 9.90. The second kappa shape index (κ2) is 14.5. The smallest absolute Gasteiger partial charge is 0.242 e. The summed E-state index contributed by atoms with van der Waals surface area (Å²) in [6.45, 7) is 2.11. The summed E-state index contributed by atoms with van der Waals surface area (Å²) < 4.78 is 14.2. The van der Waals surface area contributed by atoms with Crippen molar-refractivity contribution in [1.29, 1.82) is 0 Å². The Labute approximate surface area is 290 Å². The minimum atomic E-state index is -0.204. The number of likely N-dealkylation sites (N-methyl/N-ethyl adjacent to an activating group) is 2. The zero-order chi connectivity index (χ0) is 32.5. The lowest BCUT2D eigenvalue weighted by molar-refractivity contribution is 0.0512. The molecule has 3 heterocycles. The number of benzene rings is 5. The predicted molar refractivity (Wildman–Crippen MR) is 201 cm³/mol. The van der Waals surface area contributed by atoms with Gasteiger partial charge in [-0.2, -0.15) is 0 Å². The van der Waals surface area contributed by atoms with Crippen LogP contribution in [0.5, 0.6) is 11.8 Å². The Balaban J connectivity index is 0.00000378. The van der Waals surface area contributed by atoms with Crippen LogP contribution in [-0.4, -0.2) is 59.3 Å². The van der Waals surface area contributed by atoms with E-state index in [1.54, 1.807) is 0 Å². The van der Waals surface area contributed by atoms with Crippen LogP contribution in [0, 0.1) is 0 Å². The predicted octanol–water partition coefficient (Wildman–Crippen LogP) is 9.78. The van der Waals surface area contributed by atoms with E-state index < -0.39 is 0 Å². The molecule has 6 nitrogen and oxygen atoms in total. The van der Waals surface area contributed by atoms with Crippen molar-refractivity contribution < 1.29 is 9.47 Å². The van der Waals surface area contributed by atoms with E-state index in [0.29, 0.717) is 11.8 Å². The number of fused-ring (bicyclic) bond motifs is 3. The van der Waals surface area contributed by atoms with Gasteiger partial charge in [0.2, 0.25) is 11.8 Å². The van der Waals surface area contributed by atoms with E-state index in [2.05, 4.69) is 133 Å². The maximum Gasteiger partial charge on any atom is 0.242 e. The molecular formula is C43H48N4O2. The van der Waals surface area contributed by atoms with Crippen molar-refractivity contribution in [3.63, 3.8) is 0 Å². The van der Waals surface area contributed by atoms with Gasteiger partial charge in [0.15, 0.2) is 0 Å². The SMILES string of the molecule is C.CN1CCCC[C@H]1[C@H](Oc1nnc(O[C@H](c2cccc3ccccc23)[C@@H]2CCCCN2C)c2ccccc12)c1cccc2ccccc12. The Bertz CT molecular complexity index is 1890. The van der Waals surface area contributed by atoms with Gasteiger partial charge in [0.1, 0.15) is 12.2 Å². The zero-order valence-corrected chi connectivity index (χ0v) is 28.0. The highest BCUT2D eigenvalue weighted by Gasteiger charge is 2.35. The molecule has 252 valence electrons. The third-order valence-electron chi connectivity index (χ3n) is 10.7. The number of nitrogens with zero attached hydrogens (tertiary/aromatic N) is 4. The monoisotopic (exact) mass is 652 g/mol.